The van der Waals surface area contributed by atoms with E-state index in [4.69, 9.17) is 0 Å². The van der Waals surface area contributed by atoms with E-state index in [2.05, 4.69) is 9.97 Å². The van der Waals surface area contributed by atoms with Gasteiger partial charge in [-0.25, -0.2) is 4.98 Å². The van der Waals surface area contributed by atoms with E-state index in [-0.39, 0.29) is 11.6 Å². The fourth-order valence-electron chi connectivity index (χ4n) is 2.73. The summed E-state index contributed by atoms with van der Waals surface area (Å²) in [6.45, 7) is 0. The summed E-state index contributed by atoms with van der Waals surface area (Å²) in [7, 11) is 0. The number of benzene rings is 2. The van der Waals surface area contributed by atoms with E-state index in [0.717, 1.165) is 16.7 Å². The summed E-state index contributed by atoms with van der Waals surface area (Å²) in [6, 6.07) is 17.7. The lowest BCUT2D eigenvalue weighted by molar-refractivity contribution is -0.117. The number of Topliss-reactive ketones (excluding diaryl/α,β-unsaturated/α-hetero) is 2. The van der Waals surface area contributed by atoms with Gasteiger partial charge >= 0.3 is 0 Å². The number of aryl methyl sites for hydroxylation is 1. The van der Waals surface area contributed by atoms with Gasteiger partial charge in [-0.3, -0.25) is 9.59 Å². The smallest absolute Gasteiger partial charge is 0.198 e. The van der Waals surface area contributed by atoms with Crippen molar-refractivity contribution in [2.45, 2.75) is 25.7 Å². The molecular weight excluding hydrogens is 312 g/mol. The lowest BCUT2D eigenvalue weighted by atomic mass is 10.0. The molecule has 0 saturated heterocycles. The average Bonchev–Trinajstić information content (AvgIpc) is 3.16. The maximum atomic E-state index is 12.2. The van der Waals surface area contributed by atoms with Crippen molar-refractivity contribution in [1.29, 1.82) is 0 Å². The van der Waals surface area contributed by atoms with Gasteiger partial charge in [0.2, 0.25) is 0 Å². The molecule has 0 atom stereocenters. The zero-order valence-electron chi connectivity index (χ0n) is 13.9. The van der Waals surface area contributed by atoms with E-state index in [0.29, 0.717) is 31.5 Å². The highest BCUT2D eigenvalue weighted by Gasteiger charge is 2.09. The van der Waals surface area contributed by atoms with Crippen molar-refractivity contribution in [3.8, 4) is 0 Å². The van der Waals surface area contributed by atoms with Crippen molar-refractivity contribution in [3.05, 3.63) is 89.5 Å². The third-order valence-electron chi connectivity index (χ3n) is 4.07. The fourth-order valence-corrected chi connectivity index (χ4v) is 2.73. The van der Waals surface area contributed by atoms with Gasteiger partial charge in [0, 0.05) is 31.7 Å². The third-order valence-corrected chi connectivity index (χ3v) is 4.07. The number of aromatic amines is 1. The van der Waals surface area contributed by atoms with Gasteiger partial charge in [-0.05, 0) is 23.1 Å². The molecule has 2 aromatic carbocycles. The lowest BCUT2D eigenvalue weighted by Gasteiger charge is -2.04. The second-order valence-corrected chi connectivity index (χ2v) is 6.06. The van der Waals surface area contributed by atoms with Gasteiger partial charge < -0.3 is 4.98 Å². The van der Waals surface area contributed by atoms with Crippen LogP contribution in [0.2, 0.25) is 0 Å². The van der Waals surface area contributed by atoms with Gasteiger partial charge in [0.15, 0.2) is 11.6 Å². The van der Waals surface area contributed by atoms with Crippen LogP contribution in [0.4, 0.5) is 0 Å². The highest BCUT2D eigenvalue weighted by Crippen LogP contribution is 2.11. The number of rotatable bonds is 8. The van der Waals surface area contributed by atoms with Gasteiger partial charge in [0.05, 0.1) is 0 Å². The monoisotopic (exact) mass is 332 g/mol. The summed E-state index contributed by atoms with van der Waals surface area (Å²) in [4.78, 5) is 30.9. The first-order chi connectivity index (χ1) is 12.2. The molecule has 0 unspecified atom stereocenters. The van der Waals surface area contributed by atoms with Crippen molar-refractivity contribution in [3.63, 3.8) is 0 Å². The molecule has 4 heteroatoms. The van der Waals surface area contributed by atoms with E-state index in [1.165, 1.54) is 0 Å². The van der Waals surface area contributed by atoms with Crippen LogP contribution in [-0.2, 0) is 24.1 Å². The Bertz CT molecular complexity index is 822. The Labute approximate surface area is 146 Å². The van der Waals surface area contributed by atoms with Gasteiger partial charge in [0.25, 0.3) is 0 Å². The van der Waals surface area contributed by atoms with E-state index < -0.39 is 0 Å². The van der Waals surface area contributed by atoms with E-state index in [9.17, 15) is 9.59 Å². The minimum atomic E-state index is 0.00659. The number of nitrogens with one attached hydrogen (secondary N) is 1. The largest absolute Gasteiger partial charge is 0.342 e. The standard InChI is InChI=1S/C21H20N2O2/c24-19(14-17-4-2-1-3-5-17)15-18-8-6-16(7-9-18)10-11-20(25)21-22-12-13-23-21/h1-9,12-13H,10-11,14-15H2,(H,22,23). The molecule has 1 N–H and O–H groups in total. The Hall–Kier alpha value is -3.01. The van der Waals surface area contributed by atoms with Gasteiger partial charge in [-0.2, -0.15) is 0 Å². The van der Waals surface area contributed by atoms with Gasteiger partial charge in [-0.15, -0.1) is 0 Å². The molecule has 1 heterocycles. The molecule has 126 valence electrons. The van der Waals surface area contributed by atoms with Crippen molar-refractivity contribution in [2.75, 3.05) is 0 Å². The summed E-state index contributed by atoms with van der Waals surface area (Å²) in [5, 5.41) is 0. The number of hydrogen-bond acceptors (Lipinski definition) is 3. The first kappa shape index (κ1) is 16.8. The highest BCUT2D eigenvalue weighted by molar-refractivity contribution is 5.92. The number of aromatic nitrogens is 2. The molecule has 3 aromatic rings. The Balaban J connectivity index is 1.50. The summed E-state index contributed by atoms with van der Waals surface area (Å²) < 4.78 is 0. The van der Waals surface area contributed by atoms with Gasteiger partial charge in [-0.1, -0.05) is 54.6 Å². The molecule has 0 saturated carbocycles. The molecular formula is C21H20N2O2. The number of carbonyl (C=O) groups is 2. The molecule has 0 bridgehead atoms. The van der Waals surface area contributed by atoms with Crippen molar-refractivity contribution in [1.82, 2.24) is 9.97 Å². The zero-order chi connectivity index (χ0) is 17.5. The maximum absolute atomic E-state index is 12.2. The molecule has 0 aliphatic rings. The van der Waals surface area contributed by atoms with E-state index in [1.54, 1.807) is 12.4 Å². The Morgan fingerprint density at radius 2 is 1.48 bits per heavy atom. The van der Waals surface area contributed by atoms with Crippen LogP contribution in [0.5, 0.6) is 0 Å². The number of H-pyrrole nitrogens is 1. The van der Waals surface area contributed by atoms with Crippen molar-refractivity contribution < 1.29 is 9.59 Å². The molecule has 0 spiro atoms. The lowest BCUT2D eigenvalue weighted by Crippen LogP contribution is -2.06. The normalized spacial score (nSPS) is 10.6. The fraction of sp³-hybridized carbons (Fsp3) is 0.190. The Morgan fingerprint density at radius 1 is 0.840 bits per heavy atom. The van der Waals surface area contributed by atoms with Crippen LogP contribution in [0, 0.1) is 0 Å². The van der Waals surface area contributed by atoms with Gasteiger partial charge in [0.1, 0.15) is 5.78 Å². The second-order valence-electron chi connectivity index (χ2n) is 6.06. The van der Waals surface area contributed by atoms with Crippen molar-refractivity contribution >= 4 is 11.6 Å². The highest BCUT2D eigenvalue weighted by atomic mass is 16.1. The molecule has 1 aromatic heterocycles. The minimum Gasteiger partial charge on any atom is -0.342 e. The van der Waals surface area contributed by atoms with Crippen LogP contribution in [0.25, 0.3) is 0 Å². The summed E-state index contributed by atoms with van der Waals surface area (Å²) >= 11 is 0. The Morgan fingerprint density at radius 3 is 2.12 bits per heavy atom. The second kappa shape index (κ2) is 8.20. The topological polar surface area (TPSA) is 62.8 Å². The molecule has 0 radical (unpaired) electrons. The number of carbonyl (C=O) groups excluding carboxylic acids is 2. The predicted octanol–water partition coefficient (Wildman–Crippen LogP) is 3.58. The van der Waals surface area contributed by atoms with Crippen LogP contribution in [0.1, 0.15) is 33.7 Å². The number of hydrogen-bond donors (Lipinski definition) is 1. The van der Waals surface area contributed by atoms with E-state index in [1.807, 2.05) is 54.6 Å². The Kier molecular flexibility index (Phi) is 5.52. The van der Waals surface area contributed by atoms with E-state index >= 15 is 0 Å². The number of ketones is 2. The minimum absolute atomic E-state index is 0.00659. The molecule has 4 nitrogen and oxygen atoms in total. The van der Waals surface area contributed by atoms with Crippen LogP contribution in [-0.4, -0.2) is 21.5 Å². The summed E-state index contributed by atoms with van der Waals surface area (Å²) in [6.07, 6.45) is 5.20. The molecule has 0 fully saturated rings. The maximum Gasteiger partial charge on any atom is 0.198 e. The number of imidazole rings is 1. The summed E-state index contributed by atoms with van der Waals surface area (Å²) in [5.74, 6) is 0.613. The van der Waals surface area contributed by atoms with Crippen LogP contribution in [0.3, 0.4) is 0 Å². The zero-order valence-corrected chi connectivity index (χ0v) is 13.9. The van der Waals surface area contributed by atoms with Crippen LogP contribution in [0.15, 0.2) is 67.0 Å². The van der Waals surface area contributed by atoms with Crippen LogP contribution >= 0.6 is 0 Å². The molecule has 0 aliphatic carbocycles. The van der Waals surface area contributed by atoms with Crippen LogP contribution < -0.4 is 0 Å². The summed E-state index contributed by atoms with van der Waals surface area (Å²) in [5.41, 5.74) is 3.13. The number of nitrogens with zero attached hydrogens (tertiary/aromatic N) is 1. The van der Waals surface area contributed by atoms with Crippen molar-refractivity contribution in [2.24, 2.45) is 0 Å². The average molecular weight is 332 g/mol. The quantitative estimate of drug-likeness (QED) is 0.641. The SMILES string of the molecule is O=C(Cc1ccccc1)Cc1ccc(CCC(=O)c2ncc[nH]2)cc1. The molecule has 3 rings (SSSR count). The third kappa shape index (κ3) is 4.98. The molecule has 0 aliphatic heterocycles. The first-order valence-electron chi connectivity index (χ1n) is 8.37. The predicted molar refractivity (Wildman–Crippen MR) is 96.5 cm³/mol. The first-order valence-corrected chi connectivity index (χ1v) is 8.37. The molecule has 25 heavy (non-hydrogen) atoms. The molecule has 0 amide bonds.